The first-order valence-corrected chi connectivity index (χ1v) is 7.81. The van der Waals surface area contributed by atoms with Crippen molar-refractivity contribution in [3.05, 3.63) is 0 Å². The Morgan fingerprint density at radius 3 is 2.30 bits per heavy atom. The van der Waals surface area contributed by atoms with E-state index >= 15 is 0 Å². The largest absolute Gasteiger partial charge is 0.353 e. The molecule has 1 heterocycles. The number of piperidine rings is 1. The first kappa shape index (κ1) is 15.3. The Hall–Kier alpha value is -1.10. The maximum atomic E-state index is 11.9. The summed E-state index contributed by atoms with van der Waals surface area (Å²) in [4.78, 5) is 25.8. The molecule has 1 atom stereocenters. The smallest absolute Gasteiger partial charge is 0.225 e. The van der Waals surface area contributed by atoms with Gasteiger partial charge in [-0.25, -0.2) is 0 Å². The number of carbonyl (C=O) groups is 2. The number of rotatable bonds is 5. The van der Waals surface area contributed by atoms with E-state index in [2.05, 4.69) is 5.32 Å². The molecule has 1 aliphatic carbocycles. The van der Waals surface area contributed by atoms with E-state index in [1.165, 1.54) is 0 Å². The molecule has 1 saturated heterocycles. The normalized spacial score (nSPS) is 21.9. The fourth-order valence-corrected chi connectivity index (χ4v) is 2.57. The standard InChI is InChI=1S/C15H27N3O2/c1-10(2)13(16)9-14(19)17-12-5-7-18(8-6-12)15(20)11-3-4-11/h10-13H,3-9,16H2,1-2H3,(H,17,19). The fraction of sp³-hybridized carbons (Fsp3) is 0.867. The molecular formula is C15H27N3O2. The minimum Gasteiger partial charge on any atom is -0.353 e. The minimum atomic E-state index is -0.0773. The highest BCUT2D eigenvalue weighted by molar-refractivity contribution is 5.81. The van der Waals surface area contributed by atoms with Gasteiger partial charge < -0.3 is 16.0 Å². The van der Waals surface area contributed by atoms with Crippen molar-refractivity contribution in [3.63, 3.8) is 0 Å². The highest BCUT2D eigenvalue weighted by atomic mass is 16.2. The summed E-state index contributed by atoms with van der Waals surface area (Å²) in [5.41, 5.74) is 5.91. The zero-order chi connectivity index (χ0) is 14.7. The molecule has 2 fully saturated rings. The molecule has 1 aliphatic heterocycles. The van der Waals surface area contributed by atoms with Crippen molar-refractivity contribution < 1.29 is 9.59 Å². The summed E-state index contributed by atoms with van der Waals surface area (Å²) < 4.78 is 0. The van der Waals surface area contributed by atoms with Gasteiger partial charge >= 0.3 is 0 Å². The topological polar surface area (TPSA) is 75.4 Å². The zero-order valence-corrected chi connectivity index (χ0v) is 12.6. The van der Waals surface area contributed by atoms with Crippen LogP contribution in [0.15, 0.2) is 0 Å². The molecule has 0 spiro atoms. The number of nitrogens with two attached hydrogens (primary N) is 1. The lowest BCUT2D eigenvalue weighted by Crippen LogP contribution is -2.48. The average Bonchev–Trinajstić information content (AvgIpc) is 3.22. The van der Waals surface area contributed by atoms with E-state index in [0.717, 1.165) is 38.8 Å². The van der Waals surface area contributed by atoms with Gasteiger partial charge in [0.15, 0.2) is 0 Å². The predicted octanol–water partition coefficient (Wildman–Crippen LogP) is 0.877. The molecule has 0 radical (unpaired) electrons. The van der Waals surface area contributed by atoms with Crippen LogP contribution in [0.25, 0.3) is 0 Å². The summed E-state index contributed by atoms with van der Waals surface area (Å²) in [6.45, 7) is 5.60. The number of amides is 2. The number of hydrogen-bond acceptors (Lipinski definition) is 3. The van der Waals surface area contributed by atoms with E-state index in [4.69, 9.17) is 5.73 Å². The average molecular weight is 281 g/mol. The maximum absolute atomic E-state index is 11.9. The predicted molar refractivity (Wildman–Crippen MR) is 77.9 cm³/mol. The second-order valence-corrected chi connectivity index (χ2v) is 6.55. The minimum absolute atomic E-state index is 0.0400. The van der Waals surface area contributed by atoms with Gasteiger partial charge in [0.05, 0.1) is 0 Å². The lowest BCUT2D eigenvalue weighted by molar-refractivity contribution is -0.133. The van der Waals surface area contributed by atoms with Crippen molar-refractivity contribution in [2.24, 2.45) is 17.6 Å². The van der Waals surface area contributed by atoms with Gasteiger partial charge in [0.1, 0.15) is 0 Å². The monoisotopic (exact) mass is 281 g/mol. The van der Waals surface area contributed by atoms with E-state index in [-0.39, 0.29) is 18.0 Å². The van der Waals surface area contributed by atoms with E-state index in [1.54, 1.807) is 0 Å². The molecule has 5 nitrogen and oxygen atoms in total. The molecule has 114 valence electrons. The molecule has 0 aromatic carbocycles. The molecule has 5 heteroatoms. The summed E-state index contributed by atoms with van der Waals surface area (Å²) in [5.74, 6) is 0.971. The Labute approximate surface area is 121 Å². The lowest BCUT2D eigenvalue weighted by atomic mass is 10.0. The third kappa shape index (κ3) is 4.20. The van der Waals surface area contributed by atoms with Crippen molar-refractivity contribution >= 4 is 11.8 Å². The van der Waals surface area contributed by atoms with Crippen LogP contribution >= 0.6 is 0 Å². The van der Waals surface area contributed by atoms with Gasteiger partial charge in [0.2, 0.25) is 11.8 Å². The summed E-state index contributed by atoms with van der Waals surface area (Å²) >= 11 is 0. The zero-order valence-electron chi connectivity index (χ0n) is 12.6. The van der Waals surface area contributed by atoms with Crippen LogP contribution in [0.5, 0.6) is 0 Å². The number of nitrogens with zero attached hydrogens (tertiary/aromatic N) is 1. The lowest BCUT2D eigenvalue weighted by Gasteiger charge is -2.32. The van der Waals surface area contributed by atoms with Crippen molar-refractivity contribution in [1.82, 2.24) is 10.2 Å². The van der Waals surface area contributed by atoms with Gasteiger partial charge in [-0.15, -0.1) is 0 Å². The van der Waals surface area contributed by atoms with E-state index in [9.17, 15) is 9.59 Å². The number of carbonyl (C=O) groups excluding carboxylic acids is 2. The van der Waals surface area contributed by atoms with Crippen LogP contribution in [0.1, 0.15) is 46.0 Å². The SMILES string of the molecule is CC(C)C(N)CC(=O)NC1CCN(C(=O)C2CC2)CC1. The summed E-state index contributed by atoms with van der Waals surface area (Å²) in [7, 11) is 0. The molecule has 0 aromatic rings. The summed E-state index contributed by atoms with van der Waals surface area (Å²) in [5, 5.41) is 3.05. The van der Waals surface area contributed by atoms with Gasteiger partial charge in [-0.1, -0.05) is 13.8 Å². The van der Waals surface area contributed by atoms with Crippen molar-refractivity contribution in [3.8, 4) is 0 Å². The van der Waals surface area contributed by atoms with Crippen molar-refractivity contribution in [1.29, 1.82) is 0 Å². The Morgan fingerprint density at radius 2 is 1.80 bits per heavy atom. The van der Waals surface area contributed by atoms with Gasteiger partial charge in [0.25, 0.3) is 0 Å². The molecule has 0 bridgehead atoms. The van der Waals surface area contributed by atoms with Crippen molar-refractivity contribution in [2.45, 2.75) is 58.0 Å². The van der Waals surface area contributed by atoms with Gasteiger partial charge in [-0.05, 0) is 31.6 Å². The second kappa shape index (κ2) is 6.57. The van der Waals surface area contributed by atoms with Crippen LogP contribution in [-0.4, -0.2) is 41.9 Å². The molecule has 20 heavy (non-hydrogen) atoms. The van der Waals surface area contributed by atoms with Gasteiger partial charge in [-0.3, -0.25) is 9.59 Å². The van der Waals surface area contributed by atoms with Crippen LogP contribution in [-0.2, 0) is 9.59 Å². The molecular weight excluding hydrogens is 254 g/mol. The molecule has 3 N–H and O–H groups in total. The molecule has 2 rings (SSSR count). The van der Waals surface area contributed by atoms with E-state index in [0.29, 0.717) is 24.2 Å². The Kier molecular flexibility index (Phi) is 5.02. The van der Waals surface area contributed by atoms with Gasteiger partial charge in [-0.2, -0.15) is 0 Å². The Balaban J connectivity index is 1.68. The van der Waals surface area contributed by atoms with Crippen LogP contribution in [0.3, 0.4) is 0 Å². The van der Waals surface area contributed by atoms with E-state index in [1.807, 2.05) is 18.7 Å². The number of nitrogens with one attached hydrogen (secondary N) is 1. The van der Waals surface area contributed by atoms with Crippen LogP contribution in [0.4, 0.5) is 0 Å². The molecule has 0 aromatic heterocycles. The second-order valence-electron chi connectivity index (χ2n) is 6.55. The Bertz CT molecular complexity index is 358. The highest BCUT2D eigenvalue weighted by Gasteiger charge is 2.35. The van der Waals surface area contributed by atoms with Crippen LogP contribution in [0, 0.1) is 11.8 Å². The summed E-state index contributed by atoms with van der Waals surface area (Å²) in [6, 6.07) is 0.122. The molecule has 2 amide bonds. The third-order valence-corrected chi connectivity index (χ3v) is 4.38. The maximum Gasteiger partial charge on any atom is 0.225 e. The first-order valence-electron chi connectivity index (χ1n) is 7.81. The third-order valence-electron chi connectivity index (χ3n) is 4.38. The number of likely N-dealkylation sites (tertiary alicyclic amines) is 1. The van der Waals surface area contributed by atoms with E-state index < -0.39 is 0 Å². The van der Waals surface area contributed by atoms with Crippen LogP contribution in [0.2, 0.25) is 0 Å². The number of hydrogen-bond donors (Lipinski definition) is 2. The molecule has 1 unspecified atom stereocenters. The molecule has 1 saturated carbocycles. The molecule has 2 aliphatic rings. The van der Waals surface area contributed by atoms with Gasteiger partial charge in [0, 0.05) is 37.5 Å². The summed E-state index contributed by atoms with van der Waals surface area (Å²) in [6.07, 6.45) is 4.23. The van der Waals surface area contributed by atoms with Crippen molar-refractivity contribution in [2.75, 3.05) is 13.1 Å². The highest BCUT2D eigenvalue weighted by Crippen LogP contribution is 2.31. The van der Waals surface area contributed by atoms with Crippen LogP contribution < -0.4 is 11.1 Å². The Morgan fingerprint density at radius 1 is 1.20 bits per heavy atom. The quantitative estimate of drug-likeness (QED) is 0.785. The fourth-order valence-electron chi connectivity index (χ4n) is 2.57. The first-order chi connectivity index (χ1) is 9.47.